The van der Waals surface area contributed by atoms with E-state index in [1.165, 1.54) is 0 Å². The van der Waals surface area contributed by atoms with Gasteiger partial charge in [-0.3, -0.25) is 0 Å². The van der Waals surface area contributed by atoms with Gasteiger partial charge in [0.1, 0.15) is 0 Å². The zero-order chi connectivity index (χ0) is 7.11. The van der Waals surface area contributed by atoms with Crippen LogP contribution in [0.4, 0.5) is 0 Å². The van der Waals surface area contributed by atoms with E-state index < -0.39 is 0 Å². The van der Waals surface area contributed by atoms with Gasteiger partial charge in [-0.15, -0.1) is 18.1 Å². The molecule has 0 unspecified atom stereocenters. The fraction of sp³-hybridized carbons (Fsp3) is 0.444. The van der Waals surface area contributed by atoms with Crippen LogP contribution in [0.5, 0.6) is 0 Å². The Labute approximate surface area is 57.3 Å². The summed E-state index contributed by atoms with van der Waals surface area (Å²) in [5.74, 6) is 3.07. The van der Waals surface area contributed by atoms with Crippen molar-refractivity contribution < 1.29 is 0 Å². The number of rotatable bonds is 2. The first-order valence-corrected chi connectivity index (χ1v) is 3.12. The minimum absolute atomic E-state index is 0.569. The lowest BCUT2D eigenvalue weighted by Gasteiger charge is -1.85. The number of hydrogen-bond donors (Lipinski definition) is 0. The van der Waals surface area contributed by atoms with Crippen LogP contribution in [0.15, 0.2) is 17.9 Å². The van der Waals surface area contributed by atoms with E-state index >= 15 is 0 Å². The first-order chi connectivity index (χ1) is 4.27. The molecule has 0 N–H and O–H groups in total. The minimum Gasteiger partial charge on any atom is -0.128 e. The zero-order valence-corrected chi connectivity index (χ0v) is 6.02. The van der Waals surface area contributed by atoms with Gasteiger partial charge in [-0.05, 0) is 18.1 Å². The maximum Gasteiger partial charge on any atom is 0.0342 e. The molecule has 0 rings (SSSR count). The van der Waals surface area contributed by atoms with Crippen molar-refractivity contribution in [2.75, 3.05) is 0 Å². The maximum absolute atomic E-state index is 5.01. The molecule has 0 aliphatic rings. The highest BCUT2D eigenvalue weighted by Crippen LogP contribution is 1.90. The van der Waals surface area contributed by atoms with Gasteiger partial charge in [0.05, 0.1) is 0 Å². The van der Waals surface area contributed by atoms with E-state index in [2.05, 4.69) is 25.5 Å². The molecular weight excluding hydrogens is 108 g/mol. The Morgan fingerprint density at radius 2 is 2.22 bits per heavy atom. The molecule has 0 saturated carbocycles. The number of hydrogen-bond acceptors (Lipinski definition) is 0. The summed E-state index contributed by atoms with van der Waals surface area (Å²) in [7, 11) is 0. The fourth-order valence-electron chi connectivity index (χ4n) is 0.378. The largest absolute Gasteiger partial charge is 0.128 e. The van der Waals surface area contributed by atoms with E-state index in [9.17, 15) is 0 Å². The van der Waals surface area contributed by atoms with E-state index in [-0.39, 0.29) is 0 Å². The van der Waals surface area contributed by atoms with Gasteiger partial charge in [0.2, 0.25) is 0 Å². The number of allylic oxidation sites excluding steroid dienone is 1. The molecule has 0 nitrogen and oxygen atoms in total. The van der Waals surface area contributed by atoms with Gasteiger partial charge < -0.3 is 0 Å². The molecule has 0 bridgehead atoms. The van der Waals surface area contributed by atoms with Crippen LogP contribution in [0, 0.1) is 18.3 Å². The Morgan fingerprint density at radius 3 is 2.67 bits per heavy atom. The SMILES string of the molecule is C#CCC=C=CC(C)C. The molecular formula is C9H12. The van der Waals surface area contributed by atoms with Crippen LogP contribution in [-0.4, -0.2) is 0 Å². The van der Waals surface area contributed by atoms with Crippen LogP contribution in [0.1, 0.15) is 20.3 Å². The third kappa shape index (κ3) is 7.08. The lowest BCUT2D eigenvalue weighted by Crippen LogP contribution is -1.72. The van der Waals surface area contributed by atoms with Crippen molar-refractivity contribution in [1.29, 1.82) is 0 Å². The van der Waals surface area contributed by atoms with Crippen molar-refractivity contribution >= 4 is 0 Å². The van der Waals surface area contributed by atoms with Gasteiger partial charge in [-0.2, -0.15) is 0 Å². The van der Waals surface area contributed by atoms with Gasteiger partial charge in [-0.25, -0.2) is 0 Å². The predicted molar refractivity (Wildman–Crippen MR) is 40.9 cm³/mol. The standard InChI is InChI=1S/C9H12/c1-4-5-6-7-8-9(2)3/h1,6,8-9H,5H2,2-3H3. The van der Waals surface area contributed by atoms with Crippen LogP contribution < -0.4 is 0 Å². The van der Waals surface area contributed by atoms with Gasteiger partial charge in [0.15, 0.2) is 0 Å². The average Bonchev–Trinajstić information content (AvgIpc) is 1.80. The van der Waals surface area contributed by atoms with Crippen molar-refractivity contribution in [2.24, 2.45) is 5.92 Å². The Balaban J connectivity index is 3.57. The third-order valence-corrected chi connectivity index (χ3v) is 0.767. The van der Waals surface area contributed by atoms with Crippen molar-refractivity contribution in [3.05, 3.63) is 17.9 Å². The summed E-state index contributed by atoms with van der Waals surface area (Å²) in [4.78, 5) is 0. The molecule has 0 aromatic heterocycles. The second-order valence-corrected chi connectivity index (χ2v) is 2.19. The first-order valence-electron chi connectivity index (χ1n) is 3.12. The van der Waals surface area contributed by atoms with Crippen LogP contribution >= 0.6 is 0 Å². The van der Waals surface area contributed by atoms with Gasteiger partial charge in [0.25, 0.3) is 0 Å². The summed E-state index contributed by atoms with van der Waals surface area (Å²) in [5.41, 5.74) is 2.99. The van der Waals surface area contributed by atoms with Gasteiger partial charge in [-0.1, -0.05) is 13.8 Å². The second kappa shape index (κ2) is 5.22. The molecule has 9 heavy (non-hydrogen) atoms. The highest BCUT2D eigenvalue weighted by Gasteiger charge is 1.77. The maximum atomic E-state index is 5.01. The fourth-order valence-corrected chi connectivity index (χ4v) is 0.378. The van der Waals surface area contributed by atoms with Crippen molar-refractivity contribution in [3.8, 4) is 12.3 Å². The molecule has 0 spiro atoms. The molecule has 0 aromatic carbocycles. The van der Waals surface area contributed by atoms with E-state index in [4.69, 9.17) is 6.42 Å². The lowest BCUT2D eigenvalue weighted by atomic mass is 10.2. The van der Waals surface area contributed by atoms with Crippen LogP contribution in [0.3, 0.4) is 0 Å². The minimum atomic E-state index is 0.569. The molecule has 0 heteroatoms. The summed E-state index contributed by atoms with van der Waals surface area (Å²) in [6, 6.07) is 0. The summed E-state index contributed by atoms with van der Waals surface area (Å²) >= 11 is 0. The molecule has 0 fully saturated rings. The Morgan fingerprint density at radius 1 is 1.56 bits per heavy atom. The summed E-state index contributed by atoms with van der Waals surface area (Å²) in [6.07, 6.45) is 9.55. The quantitative estimate of drug-likeness (QED) is 0.387. The average molecular weight is 120 g/mol. The van der Waals surface area contributed by atoms with Crippen LogP contribution in [0.2, 0.25) is 0 Å². The first kappa shape index (κ1) is 8.08. The zero-order valence-electron chi connectivity index (χ0n) is 6.02. The summed E-state index contributed by atoms with van der Waals surface area (Å²) in [6.45, 7) is 4.22. The highest BCUT2D eigenvalue weighted by molar-refractivity contribution is 4.97. The van der Waals surface area contributed by atoms with Gasteiger partial charge >= 0.3 is 0 Å². The Kier molecular flexibility index (Phi) is 4.69. The Bertz CT molecular complexity index is 149. The molecule has 0 aliphatic carbocycles. The van der Waals surface area contributed by atoms with Crippen molar-refractivity contribution in [3.63, 3.8) is 0 Å². The molecule has 0 atom stereocenters. The normalized spacial score (nSPS) is 7.78. The molecule has 0 saturated heterocycles. The van der Waals surface area contributed by atoms with E-state index in [1.807, 2.05) is 12.2 Å². The van der Waals surface area contributed by atoms with Crippen molar-refractivity contribution in [1.82, 2.24) is 0 Å². The molecule has 0 heterocycles. The van der Waals surface area contributed by atoms with Gasteiger partial charge in [0, 0.05) is 6.42 Å². The Hall–Kier alpha value is -0.920. The van der Waals surface area contributed by atoms with E-state index in [0.717, 1.165) is 0 Å². The molecule has 0 aliphatic heterocycles. The van der Waals surface area contributed by atoms with E-state index in [0.29, 0.717) is 12.3 Å². The van der Waals surface area contributed by atoms with E-state index in [1.54, 1.807) is 0 Å². The summed E-state index contributed by atoms with van der Waals surface area (Å²) < 4.78 is 0. The lowest BCUT2D eigenvalue weighted by molar-refractivity contribution is 0.833. The van der Waals surface area contributed by atoms with Crippen LogP contribution in [0.25, 0.3) is 0 Å². The topological polar surface area (TPSA) is 0 Å². The number of terminal acetylenes is 1. The molecule has 0 radical (unpaired) electrons. The predicted octanol–water partition coefficient (Wildman–Crippen LogP) is 2.38. The smallest absolute Gasteiger partial charge is 0.0342 e. The third-order valence-electron chi connectivity index (χ3n) is 0.767. The second-order valence-electron chi connectivity index (χ2n) is 2.19. The molecule has 0 amide bonds. The highest BCUT2D eigenvalue weighted by atomic mass is 13.8. The van der Waals surface area contributed by atoms with Crippen LogP contribution in [-0.2, 0) is 0 Å². The van der Waals surface area contributed by atoms with Crippen molar-refractivity contribution in [2.45, 2.75) is 20.3 Å². The summed E-state index contributed by atoms with van der Waals surface area (Å²) in [5, 5.41) is 0. The molecule has 48 valence electrons. The monoisotopic (exact) mass is 120 g/mol. The molecule has 0 aromatic rings.